The Labute approximate surface area is 115 Å². The van der Waals surface area contributed by atoms with Crippen LogP contribution in [-0.4, -0.2) is 14.8 Å². The van der Waals surface area contributed by atoms with Gasteiger partial charge in [0.2, 0.25) is 0 Å². The molecule has 0 radical (unpaired) electrons. The molecule has 0 amide bonds. The van der Waals surface area contributed by atoms with Crippen LogP contribution in [0.25, 0.3) is 0 Å². The molecule has 3 rings (SSSR count). The minimum absolute atomic E-state index is 0.0811. The summed E-state index contributed by atoms with van der Waals surface area (Å²) in [4.78, 5) is 12.8. The highest BCUT2D eigenvalue weighted by Gasteiger charge is 2.28. The summed E-state index contributed by atoms with van der Waals surface area (Å²) in [7, 11) is 0. The molecule has 2 aromatic heterocycles. The molecule has 1 N–H and O–H groups in total. The Morgan fingerprint density at radius 3 is 3.12 bits per heavy atom. The van der Waals surface area contributed by atoms with Crippen molar-refractivity contribution in [1.29, 1.82) is 0 Å². The maximum Gasteiger partial charge on any atom is 0.344 e. The fraction of sp³-hybridized carbons (Fsp3) is 0.400. The molecule has 2 heterocycles. The maximum atomic E-state index is 11.6. The van der Waals surface area contributed by atoms with E-state index in [9.17, 15) is 4.79 Å². The van der Waals surface area contributed by atoms with Gasteiger partial charge in [-0.05, 0) is 34.8 Å². The first-order chi connectivity index (χ1) is 8.24. The lowest BCUT2D eigenvalue weighted by atomic mass is 10.5. The molecule has 4 nitrogen and oxygen atoms in total. The summed E-state index contributed by atoms with van der Waals surface area (Å²) >= 11 is 6.76. The Morgan fingerprint density at radius 1 is 1.65 bits per heavy atom. The van der Waals surface area contributed by atoms with Crippen LogP contribution in [0, 0.1) is 0 Å². The van der Waals surface area contributed by atoms with E-state index >= 15 is 0 Å². The summed E-state index contributed by atoms with van der Waals surface area (Å²) in [5, 5.41) is 9.48. The zero-order chi connectivity index (χ0) is 11.8. The third-order valence-electron chi connectivity index (χ3n) is 2.55. The van der Waals surface area contributed by atoms with Crippen molar-refractivity contribution >= 4 is 39.0 Å². The van der Waals surface area contributed by atoms with Gasteiger partial charge in [-0.1, -0.05) is 11.8 Å². The van der Waals surface area contributed by atoms with Crippen molar-refractivity contribution in [3.63, 3.8) is 0 Å². The highest BCUT2D eigenvalue weighted by molar-refractivity contribution is 9.10. The first-order valence-electron chi connectivity index (χ1n) is 5.26. The van der Waals surface area contributed by atoms with E-state index in [1.807, 2.05) is 0 Å². The molecule has 0 aromatic carbocycles. The third kappa shape index (κ3) is 2.51. The second kappa shape index (κ2) is 4.62. The Kier molecular flexibility index (Phi) is 3.14. The predicted molar refractivity (Wildman–Crippen MR) is 72.7 cm³/mol. The van der Waals surface area contributed by atoms with Gasteiger partial charge in [0, 0.05) is 26.5 Å². The van der Waals surface area contributed by atoms with Crippen LogP contribution in [0.4, 0.5) is 0 Å². The van der Waals surface area contributed by atoms with E-state index in [4.69, 9.17) is 0 Å². The summed E-state index contributed by atoms with van der Waals surface area (Å²) in [6.45, 7) is 0. The SMILES string of the molecule is O=c1[nH]nc(SCc2cc(Br)cs2)n1C1CC1. The summed E-state index contributed by atoms with van der Waals surface area (Å²) in [6, 6.07) is 2.47. The third-order valence-corrected chi connectivity index (χ3v) is 5.43. The van der Waals surface area contributed by atoms with Crippen LogP contribution < -0.4 is 5.69 Å². The number of hydrogen-bond donors (Lipinski definition) is 1. The quantitative estimate of drug-likeness (QED) is 0.876. The van der Waals surface area contributed by atoms with Crippen LogP contribution in [-0.2, 0) is 5.75 Å². The van der Waals surface area contributed by atoms with Gasteiger partial charge in [0.25, 0.3) is 0 Å². The molecule has 7 heteroatoms. The molecule has 1 aliphatic carbocycles. The maximum absolute atomic E-state index is 11.6. The molecule has 0 spiro atoms. The lowest BCUT2D eigenvalue weighted by Gasteiger charge is -2.01. The highest BCUT2D eigenvalue weighted by atomic mass is 79.9. The molecule has 2 aromatic rings. The van der Waals surface area contributed by atoms with Gasteiger partial charge in [-0.3, -0.25) is 4.57 Å². The lowest BCUT2D eigenvalue weighted by molar-refractivity contribution is 0.642. The van der Waals surface area contributed by atoms with Gasteiger partial charge >= 0.3 is 5.69 Å². The molecule has 0 unspecified atom stereocenters. The fourth-order valence-corrected chi connectivity index (χ4v) is 4.13. The monoisotopic (exact) mass is 331 g/mol. The second-order valence-electron chi connectivity index (χ2n) is 3.93. The average Bonchev–Trinajstić information content (AvgIpc) is 2.95. The van der Waals surface area contributed by atoms with E-state index in [0.29, 0.717) is 6.04 Å². The first kappa shape index (κ1) is 11.6. The van der Waals surface area contributed by atoms with Gasteiger partial charge in [0.05, 0.1) is 0 Å². The second-order valence-corrected chi connectivity index (χ2v) is 6.79. The highest BCUT2D eigenvalue weighted by Crippen LogP contribution is 2.37. The van der Waals surface area contributed by atoms with Crippen LogP contribution in [0.15, 0.2) is 25.9 Å². The number of thiophene rings is 1. The van der Waals surface area contributed by atoms with Crippen molar-refractivity contribution in [2.24, 2.45) is 0 Å². The number of nitrogens with zero attached hydrogens (tertiary/aromatic N) is 2. The van der Waals surface area contributed by atoms with Gasteiger partial charge in [-0.25, -0.2) is 9.89 Å². The number of nitrogens with one attached hydrogen (secondary N) is 1. The minimum atomic E-state index is -0.0811. The number of H-pyrrole nitrogens is 1. The molecule has 1 aliphatic rings. The summed E-state index contributed by atoms with van der Waals surface area (Å²) in [5.41, 5.74) is -0.0811. The number of aromatic amines is 1. The molecular formula is C10H10BrN3OS2. The van der Waals surface area contributed by atoms with Crippen molar-refractivity contribution in [2.75, 3.05) is 0 Å². The number of hydrogen-bond acceptors (Lipinski definition) is 4. The normalized spacial score (nSPS) is 15.4. The Bertz CT molecular complexity index is 584. The lowest BCUT2D eigenvalue weighted by Crippen LogP contribution is -2.16. The van der Waals surface area contributed by atoms with Crippen molar-refractivity contribution < 1.29 is 0 Å². The van der Waals surface area contributed by atoms with Gasteiger partial charge in [-0.2, -0.15) is 0 Å². The first-order valence-corrected chi connectivity index (χ1v) is 7.92. The van der Waals surface area contributed by atoms with E-state index < -0.39 is 0 Å². The molecule has 0 aliphatic heterocycles. The molecule has 0 atom stereocenters. The molecule has 0 saturated heterocycles. The van der Waals surface area contributed by atoms with Crippen LogP contribution in [0.1, 0.15) is 23.8 Å². The standard InChI is InChI=1S/C10H10BrN3OS2/c11-6-3-8(16-4-6)5-17-10-13-12-9(15)14(10)7-1-2-7/h3-4,7H,1-2,5H2,(H,12,15). The summed E-state index contributed by atoms with van der Waals surface area (Å²) in [6.07, 6.45) is 2.19. The zero-order valence-corrected chi connectivity index (χ0v) is 12.1. The largest absolute Gasteiger partial charge is 0.344 e. The van der Waals surface area contributed by atoms with Gasteiger partial charge in [0.1, 0.15) is 0 Å². The molecule has 90 valence electrons. The smallest absolute Gasteiger partial charge is 0.267 e. The average molecular weight is 332 g/mol. The van der Waals surface area contributed by atoms with Crippen LogP contribution in [0.3, 0.4) is 0 Å². The number of aromatic nitrogens is 3. The Balaban J connectivity index is 1.75. The van der Waals surface area contributed by atoms with E-state index in [0.717, 1.165) is 28.2 Å². The molecule has 1 fully saturated rings. The molecule has 17 heavy (non-hydrogen) atoms. The van der Waals surface area contributed by atoms with Gasteiger partial charge in [0.15, 0.2) is 5.16 Å². The Morgan fingerprint density at radius 2 is 2.47 bits per heavy atom. The predicted octanol–water partition coefficient (Wildman–Crippen LogP) is 3.02. The summed E-state index contributed by atoms with van der Waals surface area (Å²) in [5.74, 6) is 0.854. The number of halogens is 1. The molecule has 0 bridgehead atoms. The van der Waals surface area contributed by atoms with E-state index in [2.05, 4.69) is 37.6 Å². The fourth-order valence-electron chi connectivity index (χ4n) is 1.61. The number of thioether (sulfide) groups is 1. The van der Waals surface area contributed by atoms with Crippen molar-refractivity contribution in [1.82, 2.24) is 14.8 Å². The topological polar surface area (TPSA) is 50.7 Å². The van der Waals surface area contributed by atoms with Gasteiger partial charge in [-0.15, -0.1) is 16.4 Å². The Hall–Kier alpha value is -0.530. The molecular weight excluding hydrogens is 322 g/mol. The van der Waals surface area contributed by atoms with Crippen LogP contribution in [0.5, 0.6) is 0 Å². The summed E-state index contributed by atoms with van der Waals surface area (Å²) < 4.78 is 2.90. The van der Waals surface area contributed by atoms with Crippen molar-refractivity contribution in [3.05, 3.63) is 31.3 Å². The molecule has 1 saturated carbocycles. The number of rotatable bonds is 4. The van der Waals surface area contributed by atoms with Crippen LogP contribution >= 0.6 is 39.0 Å². The van der Waals surface area contributed by atoms with Crippen molar-refractivity contribution in [2.45, 2.75) is 29.8 Å². The van der Waals surface area contributed by atoms with E-state index in [-0.39, 0.29) is 5.69 Å². The minimum Gasteiger partial charge on any atom is -0.267 e. The zero-order valence-electron chi connectivity index (χ0n) is 8.85. The van der Waals surface area contributed by atoms with Crippen molar-refractivity contribution in [3.8, 4) is 0 Å². The van der Waals surface area contributed by atoms with Crippen LogP contribution in [0.2, 0.25) is 0 Å². The van der Waals surface area contributed by atoms with E-state index in [1.165, 1.54) is 4.88 Å². The van der Waals surface area contributed by atoms with E-state index in [1.54, 1.807) is 27.7 Å². The van der Waals surface area contributed by atoms with Gasteiger partial charge < -0.3 is 0 Å².